The number of alkyl halides is 3. The van der Waals surface area contributed by atoms with E-state index < -0.39 is 24.1 Å². The minimum Gasteiger partial charge on any atom is -0.481 e. The standard InChI is InChI=1S/C8H6F3NO2/c9-8(10,11)6-4-12-2-1-5(6)3-7(13)14/h1-2,4H,3H2,(H,13,14). The van der Waals surface area contributed by atoms with E-state index in [2.05, 4.69) is 4.98 Å². The third-order valence-electron chi connectivity index (χ3n) is 1.56. The van der Waals surface area contributed by atoms with Crippen LogP contribution in [0, 0.1) is 0 Å². The number of pyridine rings is 1. The molecule has 1 aromatic rings. The summed E-state index contributed by atoms with van der Waals surface area (Å²) in [7, 11) is 0. The number of halogens is 3. The number of rotatable bonds is 2. The molecule has 0 radical (unpaired) electrons. The molecule has 0 unspecified atom stereocenters. The smallest absolute Gasteiger partial charge is 0.418 e. The number of hydrogen-bond acceptors (Lipinski definition) is 2. The molecule has 1 N–H and O–H groups in total. The summed E-state index contributed by atoms with van der Waals surface area (Å²) in [6, 6.07) is 1.05. The van der Waals surface area contributed by atoms with E-state index in [4.69, 9.17) is 5.11 Å². The molecule has 0 saturated heterocycles. The highest BCUT2D eigenvalue weighted by molar-refractivity contribution is 5.70. The number of nitrogens with zero attached hydrogens (tertiary/aromatic N) is 1. The van der Waals surface area contributed by atoms with E-state index in [1.807, 2.05) is 0 Å². The van der Waals surface area contributed by atoms with Crippen LogP contribution in [0.4, 0.5) is 13.2 Å². The summed E-state index contributed by atoms with van der Waals surface area (Å²) in [5, 5.41) is 8.37. The second kappa shape index (κ2) is 3.65. The van der Waals surface area contributed by atoms with Crippen molar-refractivity contribution >= 4 is 5.97 Å². The predicted octanol–water partition coefficient (Wildman–Crippen LogP) is 1.73. The van der Waals surface area contributed by atoms with Gasteiger partial charge in [0, 0.05) is 12.4 Å². The molecule has 76 valence electrons. The molecular weight excluding hydrogens is 199 g/mol. The Morgan fingerprint density at radius 1 is 1.50 bits per heavy atom. The molecule has 0 spiro atoms. The van der Waals surface area contributed by atoms with E-state index in [0.29, 0.717) is 6.20 Å². The zero-order chi connectivity index (χ0) is 10.8. The fraction of sp³-hybridized carbons (Fsp3) is 0.250. The largest absolute Gasteiger partial charge is 0.481 e. The Morgan fingerprint density at radius 2 is 2.14 bits per heavy atom. The van der Waals surface area contributed by atoms with Crippen molar-refractivity contribution in [3.8, 4) is 0 Å². The number of aromatic nitrogens is 1. The van der Waals surface area contributed by atoms with Gasteiger partial charge in [-0.05, 0) is 11.6 Å². The molecule has 0 atom stereocenters. The lowest BCUT2D eigenvalue weighted by Crippen LogP contribution is -2.12. The van der Waals surface area contributed by atoms with E-state index in [-0.39, 0.29) is 5.56 Å². The highest BCUT2D eigenvalue weighted by atomic mass is 19.4. The van der Waals surface area contributed by atoms with Crippen LogP contribution in [0.25, 0.3) is 0 Å². The Morgan fingerprint density at radius 3 is 2.64 bits per heavy atom. The molecule has 1 heterocycles. The average molecular weight is 205 g/mol. The summed E-state index contributed by atoms with van der Waals surface area (Å²) in [4.78, 5) is 13.6. The van der Waals surface area contributed by atoms with Crippen LogP contribution in [0.15, 0.2) is 18.5 Å². The predicted molar refractivity (Wildman–Crippen MR) is 40.6 cm³/mol. The van der Waals surface area contributed by atoms with Crippen molar-refractivity contribution in [1.29, 1.82) is 0 Å². The minimum atomic E-state index is -4.56. The number of carboxylic acids is 1. The van der Waals surface area contributed by atoms with E-state index >= 15 is 0 Å². The molecule has 0 bridgehead atoms. The summed E-state index contributed by atoms with van der Waals surface area (Å²) in [5.74, 6) is -1.30. The van der Waals surface area contributed by atoms with Crippen LogP contribution in [0.3, 0.4) is 0 Å². The SMILES string of the molecule is O=C(O)Cc1ccncc1C(F)(F)F. The average Bonchev–Trinajstić information content (AvgIpc) is 2.01. The number of hydrogen-bond donors (Lipinski definition) is 1. The molecule has 0 saturated carbocycles. The maximum absolute atomic E-state index is 12.3. The van der Waals surface area contributed by atoms with Gasteiger partial charge in [-0.2, -0.15) is 13.2 Å². The van der Waals surface area contributed by atoms with Crippen LogP contribution in [-0.2, 0) is 17.4 Å². The molecule has 0 aromatic carbocycles. The van der Waals surface area contributed by atoms with E-state index in [1.165, 1.54) is 0 Å². The topological polar surface area (TPSA) is 50.2 Å². The van der Waals surface area contributed by atoms with Gasteiger partial charge in [-0.1, -0.05) is 0 Å². The van der Waals surface area contributed by atoms with Gasteiger partial charge in [0.05, 0.1) is 12.0 Å². The van der Waals surface area contributed by atoms with E-state index in [1.54, 1.807) is 0 Å². The summed E-state index contributed by atoms with van der Waals surface area (Å²) in [6.07, 6.45) is -3.46. The Balaban J connectivity index is 3.10. The number of aliphatic carboxylic acids is 1. The molecule has 0 aliphatic carbocycles. The first-order valence-corrected chi connectivity index (χ1v) is 3.63. The normalized spacial score (nSPS) is 11.4. The van der Waals surface area contributed by atoms with Gasteiger partial charge in [0.25, 0.3) is 0 Å². The molecule has 1 aromatic heterocycles. The Bertz CT molecular complexity index is 349. The van der Waals surface area contributed by atoms with Gasteiger partial charge in [-0.3, -0.25) is 9.78 Å². The Hall–Kier alpha value is -1.59. The van der Waals surface area contributed by atoms with Crippen molar-refractivity contribution in [2.24, 2.45) is 0 Å². The van der Waals surface area contributed by atoms with Crippen molar-refractivity contribution in [3.05, 3.63) is 29.6 Å². The molecule has 0 amide bonds. The van der Waals surface area contributed by atoms with Crippen LogP contribution in [-0.4, -0.2) is 16.1 Å². The highest BCUT2D eigenvalue weighted by Crippen LogP contribution is 2.31. The third-order valence-corrected chi connectivity index (χ3v) is 1.56. The zero-order valence-electron chi connectivity index (χ0n) is 6.88. The van der Waals surface area contributed by atoms with Gasteiger partial charge in [0.2, 0.25) is 0 Å². The maximum Gasteiger partial charge on any atom is 0.418 e. The van der Waals surface area contributed by atoms with Gasteiger partial charge in [-0.15, -0.1) is 0 Å². The minimum absolute atomic E-state index is 0.278. The summed E-state index contributed by atoms with van der Waals surface area (Å²) >= 11 is 0. The van der Waals surface area contributed by atoms with E-state index in [0.717, 1.165) is 12.3 Å². The molecule has 14 heavy (non-hydrogen) atoms. The van der Waals surface area contributed by atoms with Gasteiger partial charge >= 0.3 is 12.1 Å². The lowest BCUT2D eigenvalue weighted by Gasteiger charge is -2.09. The van der Waals surface area contributed by atoms with Crippen LogP contribution < -0.4 is 0 Å². The zero-order valence-corrected chi connectivity index (χ0v) is 6.88. The lowest BCUT2D eigenvalue weighted by molar-refractivity contribution is -0.139. The summed E-state index contributed by atoms with van der Waals surface area (Å²) < 4.78 is 36.8. The second-order valence-corrected chi connectivity index (χ2v) is 2.60. The second-order valence-electron chi connectivity index (χ2n) is 2.60. The quantitative estimate of drug-likeness (QED) is 0.799. The van der Waals surface area contributed by atoms with Gasteiger partial charge in [0.1, 0.15) is 0 Å². The highest BCUT2D eigenvalue weighted by Gasteiger charge is 2.33. The Labute approximate surface area is 77.2 Å². The first-order chi connectivity index (χ1) is 6.41. The first-order valence-electron chi connectivity index (χ1n) is 3.63. The fourth-order valence-electron chi connectivity index (χ4n) is 0.996. The maximum atomic E-state index is 12.3. The van der Waals surface area contributed by atoms with Crippen molar-refractivity contribution in [3.63, 3.8) is 0 Å². The summed E-state index contributed by atoms with van der Waals surface area (Å²) in [6.45, 7) is 0. The van der Waals surface area contributed by atoms with Crippen LogP contribution in [0.2, 0.25) is 0 Å². The monoisotopic (exact) mass is 205 g/mol. The van der Waals surface area contributed by atoms with Crippen LogP contribution >= 0.6 is 0 Å². The van der Waals surface area contributed by atoms with Crippen LogP contribution in [0.5, 0.6) is 0 Å². The van der Waals surface area contributed by atoms with Crippen molar-refractivity contribution < 1.29 is 23.1 Å². The first kappa shape index (κ1) is 10.5. The molecule has 1 rings (SSSR count). The third kappa shape index (κ3) is 2.45. The Kier molecular flexibility index (Phi) is 2.73. The van der Waals surface area contributed by atoms with E-state index in [9.17, 15) is 18.0 Å². The van der Waals surface area contributed by atoms with Gasteiger partial charge in [0.15, 0.2) is 0 Å². The molecule has 0 aliphatic heterocycles. The van der Waals surface area contributed by atoms with Crippen molar-refractivity contribution in [2.45, 2.75) is 12.6 Å². The van der Waals surface area contributed by atoms with Crippen molar-refractivity contribution in [1.82, 2.24) is 4.98 Å². The van der Waals surface area contributed by atoms with Gasteiger partial charge < -0.3 is 5.11 Å². The van der Waals surface area contributed by atoms with Crippen LogP contribution in [0.1, 0.15) is 11.1 Å². The summed E-state index contributed by atoms with van der Waals surface area (Å²) in [5.41, 5.74) is -1.28. The molecule has 0 aliphatic rings. The number of carboxylic acid groups (broad SMARTS) is 1. The molecule has 6 heteroatoms. The molecule has 3 nitrogen and oxygen atoms in total. The molecule has 0 fully saturated rings. The molecular formula is C8H6F3NO2. The van der Waals surface area contributed by atoms with Crippen molar-refractivity contribution in [2.75, 3.05) is 0 Å². The fourth-order valence-corrected chi connectivity index (χ4v) is 0.996. The lowest BCUT2D eigenvalue weighted by atomic mass is 10.1. The van der Waals surface area contributed by atoms with Gasteiger partial charge in [-0.25, -0.2) is 0 Å². The number of carbonyl (C=O) groups is 1.